The molecule has 3 rings (SSSR count). The van der Waals surface area contributed by atoms with E-state index in [1.807, 2.05) is 7.05 Å². The first kappa shape index (κ1) is 16.3. The fourth-order valence-electron chi connectivity index (χ4n) is 3.46. The van der Waals surface area contributed by atoms with Crippen molar-refractivity contribution in [3.63, 3.8) is 0 Å². The number of guanidine groups is 1. The summed E-state index contributed by atoms with van der Waals surface area (Å²) in [6, 6.07) is 2.89. The maximum absolute atomic E-state index is 4.48. The van der Waals surface area contributed by atoms with Crippen LogP contribution in [0.3, 0.4) is 0 Å². The number of likely N-dealkylation sites (tertiary alicyclic amines) is 2. The van der Waals surface area contributed by atoms with Crippen LogP contribution in [0.2, 0.25) is 0 Å². The lowest BCUT2D eigenvalue weighted by molar-refractivity contribution is 0.168. The first-order valence-corrected chi connectivity index (χ1v) is 9.86. The summed E-state index contributed by atoms with van der Waals surface area (Å²) >= 11 is 5.29. The fourth-order valence-corrected chi connectivity index (χ4v) is 4.85. The number of nitrogens with zero attached hydrogens (tertiary/aromatic N) is 3. The van der Waals surface area contributed by atoms with Crippen molar-refractivity contribution >= 4 is 33.2 Å². The van der Waals surface area contributed by atoms with Gasteiger partial charge in [0.25, 0.3) is 0 Å². The van der Waals surface area contributed by atoms with Gasteiger partial charge in [0.15, 0.2) is 5.96 Å². The van der Waals surface area contributed by atoms with Crippen LogP contribution in [0.1, 0.15) is 30.6 Å². The van der Waals surface area contributed by atoms with E-state index >= 15 is 0 Å². The number of halogens is 1. The summed E-state index contributed by atoms with van der Waals surface area (Å²) in [6.45, 7) is 5.66. The zero-order valence-electron chi connectivity index (χ0n) is 13.2. The molecular weight excluding hydrogens is 360 g/mol. The molecule has 0 bridgehead atoms. The van der Waals surface area contributed by atoms with Crippen molar-refractivity contribution in [3.8, 4) is 0 Å². The van der Waals surface area contributed by atoms with Crippen LogP contribution in [-0.2, 0) is 6.54 Å². The van der Waals surface area contributed by atoms with Gasteiger partial charge in [0.1, 0.15) is 0 Å². The Bertz CT molecular complexity index is 510. The first-order chi connectivity index (χ1) is 10.8. The number of hydrogen-bond acceptors (Lipinski definition) is 3. The SMILES string of the molecule is CN=C(NCc1cc(Br)cs1)N1CCC(N2CCCCC2)C1. The number of aliphatic imine (C=N–C) groups is 1. The third kappa shape index (κ3) is 4.03. The van der Waals surface area contributed by atoms with E-state index in [2.05, 4.69) is 47.5 Å². The van der Waals surface area contributed by atoms with Crippen molar-refractivity contribution in [1.82, 2.24) is 15.1 Å². The smallest absolute Gasteiger partial charge is 0.193 e. The molecule has 1 N–H and O–H groups in total. The highest BCUT2D eigenvalue weighted by molar-refractivity contribution is 9.10. The van der Waals surface area contributed by atoms with Crippen LogP contribution in [0.25, 0.3) is 0 Å². The molecule has 3 heterocycles. The molecule has 22 heavy (non-hydrogen) atoms. The Morgan fingerprint density at radius 3 is 2.86 bits per heavy atom. The zero-order chi connectivity index (χ0) is 15.4. The Morgan fingerprint density at radius 1 is 1.36 bits per heavy atom. The van der Waals surface area contributed by atoms with E-state index in [0.29, 0.717) is 0 Å². The van der Waals surface area contributed by atoms with Gasteiger partial charge in [-0.1, -0.05) is 6.42 Å². The molecule has 0 spiro atoms. The molecule has 122 valence electrons. The fraction of sp³-hybridized carbons (Fsp3) is 0.688. The number of hydrogen-bond donors (Lipinski definition) is 1. The van der Waals surface area contributed by atoms with Crippen molar-refractivity contribution in [3.05, 3.63) is 20.8 Å². The van der Waals surface area contributed by atoms with E-state index in [9.17, 15) is 0 Å². The maximum atomic E-state index is 4.48. The average molecular weight is 385 g/mol. The van der Waals surface area contributed by atoms with Crippen molar-refractivity contribution in [2.24, 2.45) is 4.99 Å². The normalized spacial score (nSPS) is 24.0. The third-order valence-corrected chi connectivity index (χ3v) is 6.32. The zero-order valence-corrected chi connectivity index (χ0v) is 15.6. The second-order valence-corrected chi connectivity index (χ2v) is 8.03. The summed E-state index contributed by atoms with van der Waals surface area (Å²) in [7, 11) is 1.89. The van der Waals surface area contributed by atoms with Gasteiger partial charge in [-0.3, -0.25) is 9.89 Å². The van der Waals surface area contributed by atoms with E-state index < -0.39 is 0 Å². The van der Waals surface area contributed by atoms with Crippen LogP contribution in [0.15, 0.2) is 20.9 Å². The topological polar surface area (TPSA) is 30.9 Å². The van der Waals surface area contributed by atoms with Crippen LogP contribution < -0.4 is 5.32 Å². The molecule has 0 radical (unpaired) electrons. The van der Waals surface area contributed by atoms with E-state index in [1.165, 1.54) is 43.6 Å². The van der Waals surface area contributed by atoms with Crippen LogP contribution in [0.5, 0.6) is 0 Å². The molecule has 1 aromatic heterocycles. The molecule has 2 aliphatic heterocycles. The van der Waals surface area contributed by atoms with Crippen molar-refractivity contribution in [2.45, 2.75) is 38.3 Å². The lowest BCUT2D eigenvalue weighted by Crippen LogP contribution is -2.44. The Hall–Kier alpha value is -0.590. The second-order valence-electron chi connectivity index (χ2n) is 6.12. The van der Waals surface area contributed by atoms with Crippen LogP contribution >= 0.6 is 27.3 Å². The van der Waals surface area contributed by atoms with E-state index in [-0.39, 0.29) is 0 Å². The number of rotatable bonds is 3. The number of nitrogens with one attached hydrogen (secondary N) is 1. The third-order valence-electron chi connectivity index (χ3n) is 4.62. The van der Waals surface area contributed by atoms with E-state index in [0.717, 1.165) is 36.1 Å². The van der Waals surface area contributed by atoms with Crippen molar-refractivity contribution in [1.29, 1.82) is 0 Å². The molecule has 6 heteroatoms. The second kappa shape index (κ2) is 7.79. The van der Waals surface area contributed by atoms with Crippen LogP contribution in [-0.4, -0.2) is 55.0 Å². The average Bonchev–Trinajstić information content (AvgIpc) is 3.18. The largest absolute Gasteiger partial charge is 0.351 e. The summed E-state index contributed by atoms with van der Waals surface area (Å²) in [5, 5.41) is 5.64. The van der Waals surface area contributed by atoms with Gasteiger partial charge in [-0.2, -0.15) is 0 Å². The standard InChI is InChI=1S/C16H25BrN4S/c1-18-16(19-10-15-9-13(17)12-22-15)21-8-5-14(11-21)20-6-3-2-4-7-20/h9,12,14H,2-8,10-11H2,1H3,(H,18,19). The van der Waals surface area contributed by atoms with Crippen LogP contribution in [0.4, 0.5) is 0 Å². The lowest BCUT2D eigenvalue weighted by Gasteiger charge is -2.32. The minimum atomic E-state index is 0.717. The lowest BCUT2D eigenvalue weighted by atomic mass is 10.1. The van der Waals surface area contributed by atoms with Gasteiger partial charge < -0.3 is 10.2 Å². The van der Waals surface area contributed by atoms with Crippen LogP contribution in [0, 0.1) is 0 Å². The minimum absolute atomic E-state index is 0.717. The molecule has 0 amide bonds. The summed E-state index contributed by atoms with van der Waals surface area (Å²) in [5.74, 6) is 1.05. The van der Waals surface area contributed by atoms with Gasteiger partial charge in [-0.05, 0) is 54.3 Å². The first-order valence-electron chi connectivity index (χ1n) is 8.19. The molecular formula is C16H25BrN4S. The number of piperidine rings is 1. The summed E-state index contributed by atoms with van der Waals surface area (Å²) in [6.07, 6.45) is 5.42. The molecule has 2 aliphatic rings. The number of thiophene rings is 1. The predicted octanol–water partition coefficient (Wildman–Crippen LogP) is 3.15. The van der Waals surface area contributed by atoms with Crippen molar-refractivity contribution < 1.29 is 0 Å². The van der Waals surface area contributed by atoms with Gasteiger partial charge >= 0.3 is 0 Å². The molecule has 0 aromatic carbocycles. The highest BCUT2D eigenvalue weighted by atomic mass is 79.9. The van der Waals surface area contributed by atoms with Crippen molar-refractivity contribution in [2.75, 3.05) is 33.2 Å². The molecule has 0 saturated carbocycles. The molecule has 2 saturated heterocycles. The molecule has 0 aliphatic carbocycles. The highest BCUT2D eigenvalue weighted by Crippen LogP contribution is 2.21. The highest BCUT2D eigenvalue weighted by Gasteiger charge is 2.29. The summed E-state index contributed by atoms with van der Waals surface area (Å²) in [5.41, 5.74) is 0. The molecule has 1 unspecified atom stereocenters. The summed E-state index contributed by atoms with van der Waals surface area (Å²) in [4.78, 5) is 10.9. The Labute approximate surface area is 145 Å². The minimum Gasteiger partial charge on any atom is -0.351 e. The predicted molar refractivity (Wildman–Crippen MR) is 97.6 cm³/mol. The molecule has 4 nitrogen and oxygen atoms in total. The Morgan fingerprint density at radius 2 is 2.18 bits per heavy atom. The van der Waals surface area contributed by atoms with Gasteiger partial charge in [-0.15, -0.1) is 11.3 Å². The van der Waals surface area contributed by atoms with E-state index in [1.54, 1.807) is 11.3 Å². The van der Waals surface area contributed by atoms with Gasteiger partial charge in [-0.25, -0.2) is 0 Å². The molecule has 1 atom stereocenters. The Balaban J connectivity index is 1.51. The monoisotopic (exact) mass is 384 g/mol. The van der Waals surface area contributed by atoms with E-state index in [4.69, 9.17) is 0 Å². The Kier molecular flexibility index (Phi) is 5.77. The van der Waals surface area contributed by atoms with Gasteiger partial charge in [0.05, 0.1) is 6.54 Å². The van der Waals surface area contributed by atoms with Gasteiger partial charge in [0, 0.05) is 40.9 Å². The maximum Gasteiger partial charge on any atom is 0.193 e. The van der Waals surface area contributed by atoms with Gasteiger partial charge in [0.2, 0.25) is 0 Å². The molecule has 1 aromatic rings. The quantitative estimate of drug-likeness (QED) is 0.641. The summed E-state index contributed by atoms with van der Waals surface area (Å²) < 4.78 is 1.16. The molecule has 2 fully saturated rings.